The molecular formula is C14H15N3O2S. The molecule has 1 aliphatic rings. The van der Waals surface area contributed by atoms with Crippen LogP contribution < -0.4 is 11.2 Å². The van der Waals surface area contributed by atoms with Crippen molar-refractivity contribution >= 4 is 21.6 Å². The van der Waals surface area contributed by atoms with E-state index in [1.807, 2.05) is 6.07 Å². The average Bonchev–Trinajstić information content (AvgIpc) is 2.94. The summed E-state index contributed by atoms with van der Waals surface area (Å²) in [6.45, 7) is -0.0148. The van der Waals surface area contributed by atoms with Gasteiger partial charge in [-0.2, -0.15) is 5.26 Å². The van der Waals surface area contributed by atoms with Gasteiger partial charge in [0.15, 0.2) is 0 Å². The zero-order valence-corrected chi connectivity index (χ0v) is 11.9. The lowest BCUT2D eigenvalue weighted by atomic mass is 9.95. The van der Waals surface area contributed by atoms with Crippen molar-refractivity contribution in [2.45, 2.75) is 44.7 Å². The van der Waals surface area contributed by atoms with Gasteiger partial charge in [0.1, 0.15) is 11.2 Å². The van der Waals surface area contributed by atoms with E-state index < -0.39 is 0 Å². The lowest BCUT2D eigenvalue weighted by Gasteiger charge is -2.23. The van der Waals surface area contributed by atoms with Gasteiger partial charge < -0.3 is 0 Å². The summed E-state index contributed by atoms with van der Waals surface area (Å²) in [4.78, 5) is 25.1. The Bertz CT molecular complexity index is 787. The summed E-state index contributed by atoms with van der Waals surface area (Å²) in [5.41, 5.74) is 0.0500. The van der Waals surface area contributed by atoms with E-state index in [0.717, 1.165) is 25.7 Å². The highest BCUT2D eigenvalue weighted by molar-refractivity contribution is 7.17. The van der Waals surface area contributed by atoms with Crippen molar-refractivity contribution in [2.24, 2.45) is 0 Å². The highest BCUT2D eigenvalue weighted by Crippen LogP contribution is 2.26. The van der Waals surface area contributed by atoms with Crippen molar-refractivity contribution in [2.75, 3.05) is 0 Å². The van der Waals surface area contributed by atoms with Crippen LogP contribution in [0.25, 0.3) is 10.2 Å². The van der Waals surface area contributed by atoms with Crippen molar-refractivity contribution in [3.8, 4) is 6.07 Å². The van der Waals surface area contributed by atoms with E-state index in [4.69, 9.17) is 5.26 Å². The first-order chi connectivity index (χ1) is 9.74. The molecule has 0 unspecified atom stereocenters. The van der Waals surface area contributed by atoms with Crippen LogP contribution in [0.2, 0.25) is 0 Å². The molecule has 20 heavy (non-hydrogen) atoms. The normalized spacial score (nSPS) is 16.4. The molecule has 6 heteroatoms. The molecule has 0 N–H and O–H groups in total. The predicted molar refractivity (Wildman–Crippen MR) is 78.1 cm³/mol. The second-order valence-corrected chi connectivity index (χ2v) is 6.04. The third-order valence-corrected chi connectivity index (χ3v) is 4.85. The number of hydrogen-bond donors (Lipinski definition) is 0. The molecule has 2 aromatic rings. The lowest BCUT2D eigenvalue weighted by molar-refractivity contribution is 0.333. The van der Waals surface area contributed by atoms with Crippen LogP contribution in [0.5, 0.6) is 0 Å². The molecule has 0 spiro atoms. The Morgan fingerprint density at radius 2 is 2.05 bits per heavy atom. The molecule has 0 amide bonds. The van der Waals surface area contributed by atoms with Crippen molar-refractivity contribution in [1.29, 1.82) is 5.26 Å². The zero-order chi connectivity index (χ0) is 14.1. The quantitative estimate of drug-likeness (QED) is 0.851. The minimum absolute atomic E-state index is 0.0137. The van der Waals surface area contributed by atoms with E-state index in [2.05, 4.69) is 0 Å². The maximum absolute atomic E-state index is 12.6. The topological polar surface area (TPSA) is 67.8 Å². The minimum atomic E-state index is -0.339. The van der Waals surface area contributed by atoms with Crippen LogP contribution in [0, 0.1) is 11.3 Å². The Labute approximate surface area is 119 Å². The van der Waals surface area contributed by atoms with Gasteiger partial charge in [0.05, 0.1) is 11.6 Å². The Morgan fingerprint density at radius 1 is 1.30 bits per heavy atom. The fraction of sp³-hybridized carbons (Fsp3) is 0.500. The van der Waals surface area contributed by atoms with Crippen molar-refractivity contribution in [3.05, 3.63) is 32.3 Å². The van der Waals surface area contributed by atoms with Crippen molar-refractivity contribution < 1.29 is 0 Å². The fourth-order valence-electron chi connectivity index (χ4n) is 2.99. The summed E-state index contributed by atoms with van der Waals surface area (Å²) in [5, 5.41) is 10.7. The van der Waals surface area contributed by atoms with Gasteiger partial charge in [0.2, 0.25) is 0 Å². The Balaban J connectivity index is 2.28. The van der Waals surface area contributed by atoms with E-state index in [-0.39, 0.29) is 23.8 Å². The Morgan fingerprint density at radius 3 is 2.75 bits per heavy atom. The van der Waals surface area contributed by atoms with Crippen LogP contribution in [0.3, 0.4) is 0 Å². The molecule has 0 saturated heterocycles. The van der Waals surface area contributed by atoms with E-state index in [1.54, 1.807) is 11.4 Å². The fourth-order valence-corrected chi connectivity index (χ4v) is 3.82. The molecule has 0 atom stereocenters. The van der Waals surface area contributed by atoms with Gasteiger partial charge in [0, 0.05) is 6.04 Å². The first kappa shape index (κ1) is 13.1. The summed E-state index contributed by atoms with van der Waals surface area (Å²) >= 11 is 1.34. The number of rotatable bonds is 2. The molecule has 0 aromatic carbocycles. The third-order valence-electron chi connectivity index (χ3n) is 3.95. The van der Waals surface area contributed by atoms with Crippen LogP contribution in [-0.4, -0.2) is 9.13 Å². The standard InChI is InChI=1S/C14H15N3O2S/c15-7-8-16-11-6-9-20-12(11)13(18)17(14(16)19)10-4-2-1-3-5-10/h6,9-10H,1-5,8H2. The summed E-state index contributed by atoms with van der Waals surface area (Å²) in [6, 6.07) is 3.74. The molecule has 1 aliphatic carbocycles. The van der Waals surface area contributed by atoms with E-state index in [1.165, 1.54) is 26.9 Å². The molecule has 2 heterocycles. The summed E-state index contributed by atoms with van der Waals surface area (Å²) < 4.78 is 3.38. The SMILES string of the molecule is N#CCn1c(=O)n(C2CCCCC2)c(=O)c2sccc21. The summed E-state index contributed by atoms with van der Waals surface area (Å²) in [7, 11) is 0. The molecule has 2 aromatic heterocycles. The number of fused-ring (bicyclic) bond motifs is 1. The van der Waals surface area contributed by atoms with Crippen LogP contribution >= 0.6 is 11.3 Å². The summed E-state index contributed by atoms with van der Waals surface area (Å²) in [5.74, 6) is 0. The third kappa shape index (κ3) is 1.98. The van der Waals surface area contributed by atoms with E-state index >= 15 is 0 Å². The predicted octanol–water partition coefficient (Wildman–Crippen LogP) is 2.25. The minimum Gasteiger partial charge on any atom is -0.278 e. The molecule has 0 radical (unpaired) electrons. The highest BCUT2D eigenvalue weighted by atomic mass is 32.1. The van der Waals surface area contributed by atoms with Gasteiger partial charge >= 0.3 is 5.69 Å². The molecule has 1 saturated carbocycles. The number of nitrogens with zero attached hydrogens (tertiary/aromatic N) is 3. The number of hydrogen-bond acceptors (Lipinski definition) is 4. The molecular weight excluding hydrogens is 274 g/mol. The Kier molecular flexibility index (Phi) is 3.45. The molecule has 0 aliphatic heterocycles. The largest absolute Gasteiger partial charge is 0.332 e. The summed E-state index contributed by atoms with van der Waals surface area (Å²) in [6.07, 6.45) is 5.02. The van der Waals surface area contributed by atoms with Gasteiger partial charge in [-0.25, -0.2) is 4.79 Å². The van der Waals surface area contributed by atoms with E-state index in [9.17, 15) is 9.59 Å². The molecule has 3 rings (SSSR count). The lowest BCUT2D eigenvalue weighted by Crippen LogP contribution is -2.42. The Hall–Kier alpha value is -1.87. The van der Waals surface area contributed by atoms with Crippen molar-refractivity contribution in [3.63, 3.8) is 0 Å². The number of thiophene rings is 1. The first-order valence-corrected chi connectivity index (χ1v) is 7.71. The smallest absolute Gasteiger partial charge is 0.278 e. The van der Waals surface area contributed by atoms with Crippen molar-refractivity contribution in [1.82, 2.24) is 9.13 Å². The highest BCUT2D eigenvalue weighted by Gasteiger charge is 2.22. The van der Waals surface area contributed by atoms with Crippen LogP contribution in [-0.2, 0) is 6.54 Å². The maximum atomic E-state index is 12.6. The molecule has 5 nitrogen and oxygen atoms in total. The molecule has 1 fully saturated rings. The number of nitriles is 1. The van der Waals surface area contributed by atoms with Gasteiger partial charge in [-0.3, -0.25) is 13.9 Å². The van der Waals surface area contributed by atoms with Gasteiger partial charge in [-0.1, -0.05) is 19.3 Å². The van der Waals surface area contributed by atoms with Gasteiger partial charge in [0.25, 0.3) is 5.56 Å². The van der Waals surface area contributed by atoms with Crippen LogP contribution in [0.1, 0.15) is 38.1 Å². The van der Waals surface area contributed by atoms with Crippen LogP contribution in [0.4, 0.5) is 0 Å². The molecule has 0 bridgehead atoms. The average molecular weight is 289 g/mol. The zero-order valence-electron chi connectivity index (χ0n) is 11.0. The van der Waals surface area contributed by atoms with Crippen LogP contribution in [0.15, 0.2) is 21.0 Å². The monoisotopic (exact) mass is 289 g/mol. The number of aromatic nitrogens is 2. The second-order valence-electron chi connectivity index (χ2n) is 5.13. The molecule has 104 valence electrons. The first-order valence-electron chi connectivity index (χ1n) is 6.83. The second kappa shape index (κ2) is 5.25. The van der Waals surface area contributed by atoms with Gasteiger partial charge in [-0.05, 0) is 24.3 Å². The van der Waals surface area contributed by atoms with E-state index in [0.29, 0.717) is 10.2 Å². The van der Waals surface area contributed by atoms with Gasteiger partial charge in [-0.15, -0.1) is 11.3 Å². The maximum Gasteiger partial charge on any atom is 0.332 e.